The number of rotatable bonds is 13. The lowest BCUT2D eigenvalue weighted by Gasteiger charge is -2.45. The maximum absolute atomic E-state index is 14.5. The number of halogens is 25. The van der Waals surface area contributed by atoms with Gasteiger partial charge in [0.1, 0.15) is 0 Å². The first-order chi connectivity index (χ1) is 27.1. The number of esters is 1. The molecule has 1 atom stereocenters. The Bertz CT molecular complexity index is 2250. The monoisotopic (exact) mass is 932 g/mol. The topological polar surface area (TPSA) is 26.3 Å². The van der Waals surface area contributed by atoms with Crippen molar-refractivity contribution in [2.24, 2.45) is 0 Å². The van der Waals surface area contributed by atoms with Gasteiger partial charge in [-0.3, -0.25) is 0 Å². The highest BCUT2D eigenvalue weighted by Crippen LogP contribution is 2.68. The van der Waals surface area contributed by atoms with Gasteiger partial charge in [-0.15, -0.1) is 0 Å². The lowest BCUT2D eigenvalue weighted by Crippen LogP contribution is -2.78. The lowest BCUT2D eigenvalue weighted by molar-refractivity contribution is -0.487. The van der Waals surface area contributed by atoms with Crippen LogP contribution in [0.2, 0.25) is 0 Å². The van der Waals surface area contributed by atoms with Crippen molar-refractivity contribution in [3.05, 3.63) is 77.4 Å². The van der Waals surface area contributed by atoms with Crippen molar-refractivity contribution in [2.45, 2.75) is 90.8 Å². The normalized spacial score (nSPS) is 17.5. The second-order valence-electron chi connectivity index (χ2n) is 13.2. The van der Waals surface area contributed by atoms with Crippen molar-refractivity contribution in [1.82, 2.24) is 0 Å². The number of allylic oxidation sites excluding steroid dienone is 2. The van der Waals surface area contributed by atoms with Crippen molar-refractivity contribution in [3.8, 4) is 0 Å². The van der Waals surface area contributed by atoms with E-state index in [-0.39, 0.29) is 12.0 Å². The average Bonchev–Trinajstić information content (AvgIpc) is 3.13. The van der Waals surface area contributed by atoms with Gasteiger partial charge >= 0.3 is 77.5 Å². The highest BCUT2D eigenvalue weighted by Gasteiger charge is 3.00. The fraction of sp³-hybridized carbons (Fsp3) is 0.441. The lowest BCUT2D eigenvalue weighted by atomic mass is 9.83. The summed E-state index contributed by atoms with van der Waals surface area (Å²) in [5.74, 6) is -97.1. The molecule has 0 radical (unpaired) electrons. The van der Waals surface area contributed by atoms with Gasteiger partial charge < -0.3 is 4.74 Å². The number of hydrogen-bond acceptors (Lipinski definition) is 2. The number of carbonyl (C=O) groups is 1. The van der Waals surface area contributed by atoms with Crippen molar-refractivity contribution in [2.75, 3.05) is 0 Å². The Morgan fingerprint density at radius 1 is 0.508 bits per heavy atom. The number of fused-ring (bicyclic) bond motifs is 5. The Kier molecular flexibility index (Phi) is 11.4. The van der Waals surface area contributed by atoms with Crippen LogP contribution in [0.4, 0.5) is 110 Å². The van der Waals surface area contributed by atoms with E-state index in [1.54, 1.807) is 48.5 Å². The van der Waals surface area contributed by atoms with Gasteiger partial charge in [0.15, 0.2) is 0 Å². The molecule has 4 rings (SSSR count). The fourth-order valence-corrected chi connectivity index (χ4v) is 5.82. The van der Waals surface area contributed by atoms with Gasteiger partial charge in [0.05, 0.1) is 0 Å². The summed E-state index contributed by atoms with van der Waals surface area (Å²) in [7, 11) is 0. The fourth-order valence-electron chi connectivity index (χ4n) is 5.82. The molecule has 1 aliphatic carbocycles. The van der Waals surface area contributed by atoms with Crippen LogP contribution in [0.15, 0.2) is 66.3 Å². The Balaban J connectivity index is 1.67. The Hall–Kier alpha value is -4.62. The van der Waals surface area contributed by atoms with Gasteiger partial charge in [0, 0.05) is 11.5 Å². The van der Waals surface area contributed by atoms with Crippen LogP contribution in [0.3, 0.4) is 0 Å². The predicted octanol–water partition coefficient (Wildman–Crippen LogP) is 13.5. The van der Waals surface area contributed by atoms with Gasteiger partial charge in [0.2, 0.25) is 0 Å². The number of carbonyl (C=O) groups excluding carboxylic acids is 1. The van der Waals surface area contributed by atoms with Gasteiger partial charge in [-0.2, -0.15) is 110 Å². The summed E-state index contributed by atoms with van der Waals surface area (Å²) in [5.41, 5.74) is -0.613. The number of hydrogen-bond donors (Lipinski definition) is 0. The molecule has 0 spiro atoms. The first-order valence-electron chi connectivity index (χ1n) is 15.8. The molecule has 1 aliphatic rings. The Morgan fingerprint density at radius 3 is 1.38 bits per heavy atom. The van der Waals surface area contributed by atoms with Crippen LogP contribution < -0.4 is 0 Å². The van der Waals surface area contributed by atoms with Crippen LogP contribution in [-0.2, 0) is 9.53 Å². The van der Waals surface area contributed by atoms with Gasteiger partial charge in [0.25, 0.3) is 0 Å². The molecule has 0 aromatic heterocycles. The van der Waals surface area contributed by atoms with Gasteiger partial charge in [-0.25, -0.2) is 4.79 Å². The summed E-state index contributed by atoms with van der Waals surface area (Å²) in [4.78, 5) is 12.4. The van der Waals surface area contributed by atoms with Crippen molar-refractivity contribution in [3.63, 3.8) is 0 Å². The third-order valence-corrected chi connectivity index (χ3v) is 9.34. The molecule has 3 aromatic carbocycles. The van der Waals surface area contributed by atoms with Crippen molar-refractivity contribution >= 4 is 33.6 Å². The van der Waals surface area contributed by atoms with E-state index >= 15 is 0 Å². The zero-order valence-electron chi connectivity index (χ0n) is 28.9. The number of alkyl halides is 25. The van der Waals surface area contributed by atoms with Gasteiger partial charge in [-0.05, 0) is 46.0 Å². The Morgan fingerprint density at radius 2 is 0.918 bits per heavy atom. The summed E-state index contributed by atoms with van der Waals surface area (Å²) in [6.07, 6.45) is -12.4. The molecule has 2 nitrogen and oxygen atoms in total. The van der Waals surface area contributed by atoms with Crippen LogP contribution in [0.1, 0.15) is 30.4 Å². The van der Waals surface area contributed by atoms with Crippen LogP contribution in [0, 0.1) is 0 Å². The number of benzene rings is 3. The molecule has 0 amide bonds. The SMILES string of the molecule is CC(=CC1CC=Cc2c1ccc1c2ccc2ccccc21)C(=O)OC(F)(F)C(F)(F)C(F)(F)C(F)(F)C(F)(F)C(F)(F)C(F)(F)C(F)(F)C(F)(F)C(F)(F)C(F)(F)C(F)(F)F. The molecule has 0 N–H and O–H groups in total. The molecule has 0 saturated heterocycles. The van der Waals surface area contributed by atoms with E-state index in [4.69, 9.17) is 0 Å². The standard InChI is InChI=1S/C34H17F25O2/c1-14(13-16-6-4-8-19-18(16)11-12-20-17-7-3-2-5-15(17)9-10-21(19)20)22(60)61-34(58,59)32(53,54)30(49,50)28(45,46)26(41,42)24(37,38)23(35,36)25(39,40)27(43,44)29(47,48)31(51,52)33(55,56)57/h2-5,7-13,16H,6H2,1H3. The van der Waals surface area contributed by atoms with Crippen molar-refractivity contribution < 1.29 is 119 Å². The quantitative estimate of drug-likeness (QED) is 0.0739. The summed E-state index contributed by atoms with van der Waals surface area (Å²) >= 11 is 0. The second-order valence-corrected chi connectivity index (χ2v) is 13.2. The molecule has 0 aliphatic heterocycles. The van der Waals surface area contributed by atoms with Crippen LogP contribution in [-0.4, -0.2) is 77.5 Å². The largest absolute Gasteiger partial charge is 0.473 e. The number of ether oxygens (including phenoxy) is 1. The molecule has 3 aromatic rings. The van der Waals surface area contributed by atoms with Crippen LogP contribution in [0.25, 0.3) is 27.6 Å². The third kappa shape index (κ3) is 6.62. The molecule has 0 heterocycles. The predicted molar refractivity (Wildman–Crippen MR) is 158 cm³/mol. The molecular formula is C34H17F25O2. The average molecular weight is 932 g/mol. The minimum Gasteiger partial charge on any atom is -0.393 e. The molecule has 0 saturated carbocycles. The summed E-state index contributed by atoms with van der Waals surface area (Å²) < 4.78 is 347. The van der Waals surface area contributed by atoms with E-state index in [1.165, 1.54) is 12.1 Å². The van der Waals surface area contributed by atoms with Crippen molar-refractivity contribution in [1.29, 1.82) is 0 Å². The third-order valence-electron chi connectivity index (χ3n) is 9.34. The Labute approximate surface area is 321 Å². The van der Waals surface area contributed by atoms with Gasteiger partial charge in [-0.1, -0.05) is 66.8 Å². The zero-order chi connectivity index (χ0) is 47.4. The highest BCUT2D eigenvalue weighted by molar-refractivity contribution is 6.10. The minimum absolute atomic E-state index is 0.144. The summed E-state index contributed by atoms with van der Waals surface area (Å²) in [6.45, 7) is 0.427. The smallest absolute Gasteiger partial charge is 0.393 e. The first-order valence-corrected chi connectivity index (χ1v) is 15.8. The van der Waals surface area contributed by atoms with E-state index in [1.807, 2.05) is 0 Å². The van der Waals surface area contributed by atoms with E-state index < -0.39 is 89.0 Å². The first kappa shape index (κ1) is 49.0. The molecule has 27 heteroatoms. The molecule has 1 unspecified atom stereocenters. The molecular weight excluding hydrogens is 915 g/mol. The van der Waals surface area contributed by atoms with E-state index in [9.17, 15) is 115 Å². The second kappa shape index (κ2) is 14.2. The van der Waals surface area contributed by atoms with E-state index in [2.05, 4.69) is 4.74 Å². The van der Waals surface area contributed by atoms with Crippen LogP contribution >= 0.6 is 0 Å². The minimum atomic E-state index is -9.70. The summed E-state index contributed by atoms with van der Waals surface area (Å²) in [5, 5.41) is 2.69. The maximum atomic E-state index is 14.5. The molecule has 0 fully saturated rings. The maximum Gasteiger partial charge on any atom is 0.473 e. The van der Waals surface area contributed by atoms with E-state index in [0.717, 1.165) is 10.8 Å². The summed E-state index contributed by atoms with van der Waals surface area (Å²) in [6, 6.07) is 13.2. The highest BCUT2D eigenvalue weighted by atomic mass is 19.4. The molecule has 340 valence electrons. The van der Waals surface area contributed by atoms with E-state index in [0.29, 0.717) is 29.3 Å². The molecule has 0 bridgehead atoms. The molecule has 61 heavy (non-hydrogen) atoms. The van der Waals surface area contributed by atoms with Crippen LogP contribution in [0.5, 0.6) is 0 Å². The zero-order valence-corrected chi connectivity index (χ0v) is 28.9.